The molecule has 8 heteroatoms. The van der Waals surface area contributed by atoms with Crippen molar-refractivity contribution in [2.24, 2.45) is 0 Å². The van der Waals surface area contributed by atoms with E-state index in [1.54, 1.807) is 39.7 Å². The molecule has 2 aromatic carbocycles. The highest BCUT2D eigenvalue weighted by molar-refractivity contribution is 5.89. The molecule has 0 aliphatic carbocycles. The molecule has 1 aromatic heterocycles. The fourth-order valence-corrected chi connectivity index (χ4v) is 4.18. The first-order valence-corrected chi connectivity index (χ1v) is 12.1. The predicted molar refractivity (Wildman–Crippen MR) is 138 cm³/mol. The summed E-state index contributed by atoms with van der Waals surface area (Å²) in [6, 6.07) is 16.9. The number of benzene rings is 2. The average molecular weight is 492 g/mol. The van der Waals surface area contributed by atoms with Gasteiger partial charge in [0.15, 0.2) is 0 Å². The summed E-state index contributed by atoms with van der Waals surface area (Å²) in [6.45, 7) is 7.99. The highest BCUT2D eigenvalue weighted by Gasteiger charge is 2.32. The quantitative estimate of drug-likeness (QED) is 0.533. The van der Waals surface area contributed by atoms with Crippen LogP contribution in [0, 0.1) is 0 Å². The maximum Gasteiger partial charge on any atom is 0.408 e. The van der Waals surface area contributed by atoms with E-state index < -0.39 is 17.7 Å². The second kappa shape index (κ2) is 10.4. The monoisotopic (exact) mass is 491 g/mol. The molecule has 2 atom stereocenters. The number of alkyl carbamates (subject to hydrolysis) is 1. The van der Waals surface area contributed by atoms with Crippen LogP contribution in [0.4, 0.5) is 4.79 Å². The second-order valence-electron chi connectivity index (χ2n) is 9.94. The summed E-state index contributed by atoms with van der Waals surface area (Å²) < 4.78 is 17.1. The van der Waals surface area contributed by atoms with E-state index in [1.807, 2.05) is 54.6 Å². The molecule has 0 bridgehead atoms. The molecule has 1 saturated heterocycles. The number of aromatic nitrogens is 1. The molecule has 0 saturated carbocycles. The van der Waals surface area contributed by atoms with Gasteiger partial charge in [-0.1, -0.05) is 30.3 Å². The standard InChI is InChI=1S/C28H33N3O5/c1-18(29-27(33)36-28(2,3)4)26(32)31-14-13-21(17-31)35-25-16-23(19-9-7-6-8-10-19)30-24-15-20(34-5)11-12-22(24)25/h6-12,15-16,18,21H,13-14,17H2,1-5H3,(H,29,33)/t18?,21-/m1/s1. The van der Waals surface area contributed by atoms with E-state index in [-0.39, 0.29) is 12.0 Å². The Morgan fingerprint density at radius 2 is 1.86 bits per heavy atom. The Bertz CT molecular complexity index is 1240. The molecule has 4 rings (SSSR count). The van der Waals surface area contributed by atoms with Gasteiger partial charge >= 0.3 is 6.09 Å². The van der Waals surface area contributed by atoms with Crippen molar-refractivity contribution in [3.05, 3.63) is 54.6 Å². The van der Waals surface area contributed by atoms with Crippen LogP contribution < -0.4 is 14.8 Å². The van der Waals surface area contributed by atoms with Gasteiger partial charge in [0.05, 0.1) is 24.9 Å². The largest absolute Gasteiger partial charge is 0.497 e. The van der Waals surface area contributed by atoms with Gasteiger partial charge in [0.25, 0.3) is 0 Å². The Labute approximate surface area is 211 Å². The summed E-state index contributed by atoms with van der Waals surface area (Å²) in [7, 11) is 1.63. The molecule has 3 aromatic rings. The predicted octanol–water partition coefficient (Wildman–Crippen LogP) is 4.80. The average Bonchev–Trinajstić information content (AvgIpc) is 3.30. The van der Waals surface area contributed by atoms with E-state index in [2.05, 4.69) is 5.32 Å². The van der Waals surface area contributed by atoms with Crippen LogP contribution in [0.2, 0.25) is 0 Å². The molecular weight excluding hydrogens is 458 g/mol. The molecule has 8 nitrogen and oxygen atoms in total. The van der Waals surface area contributed by atoms with Crippen molar-refractivity contribution >= 4 is 22.9 Å². The number of carbonyl (C=O) groups is 2. The van der Waals surface area contributed by atoms with Crippen molar-refractivity contribution in [2.75, 3.05) is 20.2 Å². The number of nitrogens with one attached hydrogen (secondary N) is 1. The summed E-state index contributed by atoms with van der Waals surface area (Å²) in [4.78, 5) is 31.6. The first-order chi connectivity index (χ1) is 17.1. The Morgan fingerprint density at radius 1 is 1.11 bits per heavy atom. The summed E-state index contributed by atoms with van der Waals surface area (Å²) in [5.41, 5.74) is 1.92. The Kier molecular flexibility index (Phi) is 7.33. The van der Waals surface area contributed by atoms with Crippen LogP contribution in [0.15, 0.2) is 54.6 Å². The number of ether oxygens (including phenoxy) is 3. The number of pyridine rings is 1. The molecule has 190 valence electrons. The van der Waals surface area contributed by atoms with E-state index in [1.165, 1.54) is 0 Å². The van der Waals surface area contributed by atoms with Gasteiger partial charge in [-0.3, -0.25) is 4.79 Å². The van der Waals surface area contributed by atoms with Crippen molar-refractivity contribution in [1.29, 1.82) is 0 Å². The molecule has 1 fully saturated rings. The van der Waals surface area contributed by atoms with Crippen LogP contribution in [0.5, 0.6) is 11.5 Å². The lowest BCUT2D eigenvalue weighted by Crippen LogP contribution is -2.47. The topological polar surface area (TPSA) is 90.0 Å². The Morgan fingerprint density at radius 3 is 2.56 bits per heavy atom. The van der Waals surface area contributed by atoms with E-state index in [0.717, 1.165) is 27.9 Å². The number of nitrogens with zero attached hydrogens (tertiary/aromatic N) is 2. The minimum atomic E-state index is -0.697. The molecule has 1 N–H and O–H groups in total. The first-order valence-electron chi connectivity index (χ1n) is 12.1. The van der Waals surface area contributed by atoms with Crippen LogP contribution in [0.1, 0.15) is 34.1 Å². The van der Waals surface area contributed by atoms with Crippen molar-refractivity contribution in [3.63, 3.8) is 0 Å². The van der Waals surface area contributed by atoms with Gasteiger partial charge < -0.3 is 24.4 Å². The smallest absolute Gasteiger partial charge is 0.408 e. The summed E-state index contributed by atoms with van der Waals surface area (Å²) in [5.74, 6) is 1.26. The molecular formula is C28H33N3O5. The Hall–Kier alpha value is -3.81. The third kappa shape index (κ3) is 6.05. The second-order valence-corrected chi connectivity index (χ2v) is 9.94. The van der Waals surface area contributed by atoms with Crippen LogP contribution in [0.25, 0.3) is 22.2 Å². The van der Waals surface area contributed by atoms with Crippen molar-refractivity contribution < 1.29 is 23.8 Å². The van der Waals surface area contributed by atoms with Crippen LogP contribution in [-0.2, 0) is 9.53 Å². The number of fused-ring (bicyclic) bond motifs is 1. The lowest BCUT2D eigenvalue weighted by Gasteiger charge is -2.24. The maximum absolute atomic E-state index is 12.9. The molecule has 0 radical (unpaired) electrons. The number of carbonyl (C=O) groups excluding carboxylic acids is 2. The first kappa shape index (κ1) is 25.3. The molecule has 1 unspecified atom stereocenters. The number of rotatable bonds is 6. The highest BCUT2D eigenvalue weighted by atomic mass is 16.6. The van der Waals surface area contributed by atoms with Gasteiger partial charge in [-0.05, 0) is 39.8 Å². The summed E-state index contributed by atoms with van der Waals surface area (Å²) in [6.07, 6.45) is -0.104. The van der Waals surface area contributed by atoms with Crippen molar-refractivity contribution in [3.8, 4) is 22.8 Å². The lowest BCUT2D eigenvalue weighted by molar-refractivity contribution is -0.132. The van der Waals surface area contributed by atoms with Gasteiger partial charge in [-0.15, -0.1) is 0 Å². The maximum atomic E-state index is 12.9. The molecule has 1 aliphatic rings. The zero-order chi connectivity index (χ0) is 25.9. The zero-order valence-electron chi connectivity index (χ0n) is 21.4. The third-order valence-corrected chi connectivity index (χ3v) is 5.90. The molecule has 2 amide bonds. The number of amides is 2. The van der Waals surface area contributed by atoms with Crippen LogP contribution >= 0.6 is 0 Å². The van der Waals surface area contributed by atoms with Crippen molar-refractivity contribution in [2.45, 2.75) is 51.9 Å². The third-order valence-electron chi connectivity index (χ3n) is 5.90. The summed E-state index contributed by atoms with van der Waals surface area (Å²) in [5, 5.41) is 3.50. The molecule has 0 spiro atoms. The normalized spacial score (nSPS) is 16.5. The van der Waals surface area contributed by atoms with Gasteiger partial charge in [-0.25, -0.2) is 9.78 Å². The van der Waals surface area contributed by atoms with Crippen LogP contribution in [0.3, 0.4) is 0 Å². The van der Waals surface area contributed by atoms with Crippen LogP contribution in [-0.4, -0.2) is 59.8 Å². The van der Waals surface area contributed by atoms with Gasteiger partial charge in [-0.2, -0.15) is 0 Å². The number of likely N-dealkylation sites (tertiary alicyclic amines) is 1. The number of hydrogen-bond donors (Lipinski definition) is 1. The number of methoxy groups -OCH3 is 1. The molecule has 1 aliphatic heterocycles. The van der Waals surface area contributed by atoms with E-state index >= 15 is 0 Å². The Balaban J connectivity index is 1.50. The molecule has 2 heterocycles. The minimum absolute atomic E-state index is 0.166. The van der Waals surface area contributed by atoms with E-state index in [9.17, 15) is 9.59 Å². The lowest BCUT2D eigenvalue weighted by atomic mass is 10.1. The number of hydrogen-bond acceptors (Lipinski definition) is 6. The fourth-order valence-electron chi connectivity index (χ4n) is 4.18. The zero-order valence-corrected chi connectivity index (χ0v) is 21.4. The van der Waals surface area contributed by atoms with Gasteiger partial charge in [0.2, 0.25) is 5.91 Å². The highest BCUT2D eigenvalue weighted by Crippen LogP contribution is 2.33. The van der Waals surface area contributed by atoms with E-state index in [4.69, 9.17) is 19.2 Å². The SMILES string of the molecule is COc1ccc2c(O[C@@H]3CCN(C(=O)C(C)NC(=O)OC(C)(C)C)C3)cc(-c3ccccc3)nc2c1. The van der Waals surface area contributed by atoms with Crippen molar-refractivity contribution in [1.82, 2.24) is 15.2 Å². The molecule has 36 heavy (non-hydrogen) atoms. The van der Waals surface area contributed by atoms with Gasteiger partial charge in [0.1, 0.15) is 29.2 Å². The van der Waals surface area contributed by atoms with E-state index in [0.29, 0.717) is 25.3 Å². The summed E-state index contributed by atoms with van der Waals surface area (Å²) >= 11 is 0. The van der Waals surface area contributed by atoms with Gasteiger partial charge in [0, 0.05) is 36.0 Å². The fraction of sp³-hybridized carbons (Fsp3) is 0.393. The minimum Gasteiger partial charge on any atom is -0.497 e.